The summed E-state index contributed by atoms with van der Waals surface area (Å²) in [5.74, 6) is 2.42. The first-order valence-electron chi connectivity index (χ1n) is 9.51. The molecular weight excluding hydrogens is 348 g/mol. The standard InChI is InChI=1S/C22H22N6/c1-13-25-18-8-7-17(15-11-20(23)27-21(24)12-15)26-22(18)28(13)19-10-16(19)9-14-5-3-2-4-6-14/h2-8,11-12,16,19H,9-10H2,1H3,(H4,23,24,27)/t16-,19?/m0/s1. The second-order valence-corrected chi connectivity index (χ2v) is 7.53. The average Bonchev–Trinajstić information content (AvgIpc) is 3.33. The van der Waals surface area contributed by atoms with Crippen molar-refractivity contribution in [1.29, 1.82) is 0 Å². The Bertz CT molecular complexity index is 1140. The van der Waals surface area contributed by atoms with Crippen molar-refractivity contribution in [3.8, 4) is 11.3 Å². The van der Waals surface area contributed by atoms with Crippen LogP contribution in [0.3, 0.4) is 0 Å². The van der Waals surface area contributed by atoms with Gasteiger partial charge in [-0.05, 0) is 55.5 Å². The van der Waals surface area contributed by atoms with Gasteiger partial charge in [0.2, 0.25) is 0 Å². The number of nitrogen functional groups attached to an aromatic ring is 2. The topological polar surface area (TPSA) is 95.6 Å². The predicted octanol–water partition coefficient (Wildman–Crippen LogP) is 3.77. The van der Waals surface area contributed by atoms with Crippen LogP contribution in [0.2, 0.25) is 0 Å². The number of rotatable bonds is 4. The van der Waals surface area contributed by atoms with E-state index >= 15 is 0 Å². The monoisotopic (exact) mass is 370 g/mol. The molecule has 5 rings (SSSR count). The van der Waals surface area contributed by atoms with Crippen LogP contribution in [0.1, 0.15) is 23.9 Å². The highest BCUT2D eigenvalue weighted by Crippen LogP contribution is 2.47. The fourth-order valence-electron chi connectivity index (χ4n) is 4.05. The Hall–Kier alpha value is -3.41. The van der Waals surface area contributed by atoms with Crippen LogP contribution in [-0.2, 0) is 6.42 Å². The van der Waals surface area contributed by atoms with Gasteiger partial charge in [-0.1, -0.05) is 30.3 Å². The number of hydrogen-bond donors (Lipinski definition) is 2. The highest BCUT2D eigenvalue weighted by molar-refractivity contribution is 5.77. The molecule has 1 saturated carbocycles. The summed E-state index contributed by atoms with van der Waals surface area (Å²) in [5, 5.41) is 0. The molecule has 0 radical (unpaired) electrons. The van der Waals surface area contributed by atoms with E-state index in [1.54, 1.807) is 12.1 Å². The third-order valence-corrected chi connectivity index (χ3v) is 5.43. The molecule has 1 aliphatic carbocycles. The van der Waals surface area contributed by atoms with Gasteiger partial charge in [0.15, 0.2) is 5.65 Å². The number of aromatic nitrogens is 4. The van der Waals surface area contributed by atoms with Crippen LogP contribution in [0.15, 0.2) is 54.6 Å². The number of aryl methyl sites for hydroxylation is 1. The molecule has 1 unspecified atom stereocenters. The van der Waals surface area contributed by atoms with Gasteiger partial charge in [0.05, 0.1) is 5.69 Å². The van der Waals surface area contributed by atoms with Crippen LogP contribution in [0.25, 0.3) is 22.4 Å². The molecule has 0 saturated heterocycles. The van der Waals surface area contributed by atoms with Gasteiger partial charge in [-0.2, -0.15) is 0 Å². The first-order chi connectivity index (χ1) is 13.6. The maximum atomic E-state index is 5.86. The Morgan fingerprint density at radius 3 is 2.46 bits per heavy atom. The summed E-state index contributed by atoms with van der Waals surface area (Å²) in [5.41, 5.74) is 16.6. The molecule has 3 aromatic heterocycles. The Labute approximate surface area is 163 Å². The molecule has 1 aliphatic rings. The number of hydrogen-bond acceptors (Lipinski definition) is 5. The minimum absolute atomic E-state index is 0.395. The molecule has 0 amide bonds. The van der Waals surface area contributed by atoms with Crippen LogP contribution in [0, 0.1) is 12.8 Å². The van der Waals surface area contributed by atoms with Crippen molar-refractivity contribution in [1.82, 2.24) is 19.5 Å². The zero-order chi connectivity index (χ0) is 19.3. The van der Waals surface area contributed by atoms with Crippen LogP contribution >= 0.6 is 0 Å². The van der Waals surface area contributed by atoms with E-state index in [1.165, 1.54) is 5.56 Å². The first-order valence-corrected chi connectivity index (χ1v) is 9.51. The molecule has 0 bridgehead atoms. The summed E-state index contributed by atoms with van der Waals surface area (Å²) >= 11 is 0. The van der Waals surface area contributed by atoms with Crippen molar-refractivity contribution >= 4 is 22.8 Å². The smallest absolute Gasteiger partial charge is 0.160 e. The van der Waals surface area contributed by atoms with Crippen LogP contribution < -0.4 is 11.5 Å². The van der Waals surface area contributed by atoms with Crippen molar-refractivity contribution in [2.75, 3.05) is 11.5 Å². The van der Waals surface area contributed by atoms with Crippen LogP contribution in [0.4, 0.5) is 11.6 Å². The molecule has 0 aliphatic heterocycles. The Balaban J connectivity index is 1.50. The van der Waals surface area contributed by atoms with Gasteiger partial charge in [-0.25, -0.2) is 15.0 Å². The quantitative estimate of drug-likeness (QED) is 0.570. The Kier molecular flexibility index (Phi) is 3.79. The average molecular weight is 370 g/mol. The summed E-state index contributed by atoms with van der Waals surface area (Å²) in [4.78, 5) is 13.7. The summed E-state index contributed by atoms with van der Waals surface area (Å²) < 4.78 is 2.29. The minimum atomic E-state index is 0.395. The molecule has 3 heterocycles. The number of fused-ring (bicyclic) bond motifs is 1. The third-order valence-electron chi connectivity index (χ3n) is 5.43. The molecule has 140 valence electrons. The second-order valence-electron chi connectivity index (χ2n) is 7.53. The number of imidazole rings is 1. The summed E-state index contributed by atoms with van der Waals surface area (Å²) in [7, 11) is 0. The summed E-state index contributed by atoms with van der Waals surface area (Å²) in [6.45, 7) is 2.06. The number of benzene rings is 1. The van der Waals surface area contributed by atoms with Gasteiger partial charge < -0.3 is 16.0 Å². The Morgan fingerprint density at radius 2 is 1.71 bits per heavy atom. The molecule has 4 aromatic rings. The van der Waals surface area contributed by atoms with Crippen LogP contribution in [0.5, 0.6) is 0 Å². The van der Waals surface area contributed by atoms with E-state index in [1.807, 2.05) is 12.1 Å². The summed E-state index contributed by atoms with van der Waals surface area (Å²) in [6, 6.07) is 18.7. The maximum absolute atomic E-state index is 5.86. The fourth-order valence-corrected chi connectivity index (χ4v) is 4.05. The van der Waals surface area contributed by atoms with Gasteiger partial charge in [-0.3, -0.25) is 0 Å². The van der Waals surface area contributed by atoms with E-state index in [4.69, 9.17) is 21.4 Å². The maximum Gasteiger partial charge on any atom is 0.160 e. The third kappa shape index (κ3) is 2.97. The lowest BCUT2D eigenvalue weighted by molar-refractivity contribution is 0.646. The molecule has 2 atom stereocenters. The van der Waals surface area contributed by atoms with E-state index in [0.717, 1.165) is 41.1 Å². The molecule has 28 heavy (non-hydrogen) atoms. The Morgan fingerprint density at radius 1 is 0.964 bits per heavy atom. The second kappa shape index (κ2) is 6.34. The molecule has 0 spiro atoms. The molecule has 1 aromatic carbocycles. The lowest BCUT2D eigenvalue weighted by atomic mass is 10.1. The number of nitrogens with two attached hydrogens (primary N) is 2. The van der Waals surface area contributed by atoms with Gasteiger partial charge in [0.25, 0.3) is 0 Å². The van der Waals surface area contributed by atoms with E-state index in [2.05, 4.69) is 46.8 Å². The molecule has 6 heteroatoms. The van der Waals surface area contributed by atoms with Crippen molar-refractivity contribution in [2.45, 2.75) is 25.8 Å². The lowest BCUT2D eigenvalue weighted by Gasteiger charge is -2.08. The molecule has 1 fully saturated rings. The zero-order valence-electron chi connectivity index (χ0n) is 15.7. The SMILES string of the molecule is Cc1nc2ccc(-c3cc(N)nc(N)c3)nc2n1C1C[C@@H]1Cc1ccccc1. The van der Waals surface area contributed by atoms with Gasteiger partial charge in [-0.15, -0.1) is 0 Å². The first kappa shape index (κ1) is 16.7. The summed E-state index contributed by atoms with van der Waals surface area (Å²) in [6.07, 6.45) is 2.24. The zero-order valence-corrected chi connectivity index (χ0v) is 15.7. The molecule has 4 N–H and O–H groups in total. The normalized spacial score (nSPS) is 18.5. The molecule has 6 nitrogen and oxygen atoms in total. The van der Waals surface area contributed by atoms with Crippen molar-refractivity contribution in [2.24, 2.45) is 5.92 Å². The van der Waals surface area contributed by atoms with Gasteiger partial charge >= 0.3 is 0 Å². The van der Waals surface area contributed by atoms with Crippen LogP contribution in [-0.4, -0.2) is 19.5 Å². The van der Waals surface area contributed by atoms with Crippen molar-refractivity contribution < 1.29 is 0 Å². The number of pyridine rings is 2. The van der Waals surface area contributed by atoms with E-state index in [-0.39, 0.29) is 0 Å². The predicted molar refractivity (Wildman–Crippen MR) is 112 cm³/mol. The fraction of sp³-hybridized carbons (Fsp3) is 0.227. The minimum Gasteiger partial charge on any atom is -0.384 e. The lowest BCUT2D eigenvalue weighted by Crippen LogP contribution is -2.02. The van der Waals surface area contributed by atoms with Gasteiger partial charge in [0, 0.05) is 11.6 Å². The van der Waals surface area contributed by atoms with E-state index in [9.17, 15) is 0 Å². The van der Waals surface area contributed by atoms with E-state index < -0.39 is 0 Å². The van der Waals surface area contributed by atoms with Crippen molar-refractivity contribution in [3.63, 3.8) is 0 Å². The van der Waals surface area contributed by atoms with Crippen molar-refractivity contribution in [3.05, 3.63) is 66.0 Å². The molecular formula is C22H22N6. The highest BCUT2D eigenvalue weighted by Gasteiger charge is 2.40. The number of anilines is 2. The van der Waals surface area contributed by atoms with Gasteiger partial charge in [0.1, 0.15) is 23.0 Å². The number of nitrogens with zero attached hydrogens (tertiary/aromatic N) is 4. The highest BCUT2D eigenvalue weighted by atomic mass is 15.2. The van der Waals surface area contributed by atoms with E-state index in [0.29, 0.717) is 23.6 Å². The largest absolute Gasteiger partial charge is 0.384 e.